The van der Waals surface area contributed by atoms with Gasteiger partial charge in [0, 0.05) is 28.4 Å². The third-order valence-electron chi connectivity index (χ3n) is 4.16. The second-order valence-electron chi connectivity index (χ2n) is 6.46. The standard InChI is InChI=1S/C22H19N3O4S/c1-15-6-8-16(9-7-15)23-21(26)14-30-20-5-3-2-4-19(20)22(27)24-17-10-12-18(13-11-17)25(28)29/h2-13H,14H2,1H3,(H,23,26)(H,24,27). The molecule has 0 radical (unpaired) electrons. The Kier molecular flexibility index (Phi) is 6.82. The average molecular weight is 421 g/mol. The van der Waals surface area contributed by atoms with Crippen molar-refractivity contribution in [2.45, 2.75) is 11.8 Å². The molecule has 8 heteroatoms. The molecule has 0 saturated heterocycles. The van der Waals surface area contributed by atoms with Crippen molar-refractivity contribution in [1.29, 1.82) is 0 Å². The SMILES string of the molecule is Cc1ccc(NC(=O)CSc2ccccc2C(=O)Nc2ccc([N+](=O)[O-])cc2)cc1. The van der Waals surface area contributed by atoms with Crippen LogP contribution in [0.5, 0.6) is 0 Å². The summed E-state index contributed by atoms with van der Waals surface area (Å²) >= 11 is 1.26. The molecule has 0 saturated carbocycles. The summed E-state index contributed by atoms with van der Waals surface area (Å²) in [6.45, 7) is 1.97. The molecule has 0 atom stereocenters. The van der Waals surface area contributed by atoms with Crippen molar-refractivity contribution < 1.29 is 14.5 Å². The number of hydrogen-bond acceptors (Lipinski definition) is 5. The summed E-state index contributed by atoms with van der Waals surface area (Å²) in [4.78, 5) is 35.8. The van der Waals surface area contributed by atoms with Crippen molar-refractivity contribution >= 4 is 40.6 Å². The van der Waals surface area contributed by atoms with Crippen LogP contribution in [0.25, 0.3) is 0 Å². The summed E-state index contributed by atoms with van der Waals surface area (Å²) in [5.41, 5.74) is 2.64. The lowest BCUT2D eigenvalue weighted by Gasteiger charge is -2.10. The monoisotopic (exact) mass is 421 g/mol. The van der Waals surface area contributed by atoms with E-state index in [1.165, 1.54) is 36.0 Å². The van der Waals surface area contributed by atoms with Gasteiger partial charge in [0.1, 0.15) is 0 Å². The Morgan fingerprint density at radius 2 is 1.50 bits per heavy atom. The van der Waals surface area contributed by atoms with Gasteiger partial charge in [-0.3, -0.25) is 19.7 Å². The highest BCUT2D eigenvalue weighted by atomic mass is 32.2. The minimum Gasteiger partial charge on any atom is -0.325 e. The third-order valence-corrected chi connectivity index (χ3v) is 5.24. The molecule has 3 rings (SSSR count). The molecule has 0 aliphatic heterocycles. The highest BCUT2D eigenvalue weighted by molar-refractivity contribution is 8.00. The van der Waals surface area contributed by atoms with Crippen LogP contribution in [0.3, 0.4) is 0 Å². The minimum absolute atomic E-state index is 0.0523. The van der Waals surface area contributed by atoms with Crippen LogP contribution in [0.1, 0.15) is 15.9 Å². The van der Waals surface area contributed by atoms with Crippen molar-refractivity contribution in [3.05, 3.63) is 94.0 Å². The van der Waals surface area contributed by atoms with E-state index in [1.54, 1.807) is 24.3 Å². The van der Waals surface area contributed by atoms with Gasteiger partial charge in [0.15, 0.2) is 0 Å². The van der Waals surface area contributed by atoms with Gasteiger partial charge in [0.2, 0.25) is 5.91 Å². The molecule has 0 aliphatic carbocycles. The highest BCUT2D eigenvalue weighted by Gasteiger charge is 2.14. The summed E-state index contributed by atoms with van der Waals surface area (Å²) in [6.07, 6.45) is 0. The number of benzene rings is 3. The first-order valence-corrected chi connectivity index (χ1v) is 10.0. The first-order chi connectivity index (χ1) is 14.4. The number of nitrogens with zero attached hydrogens (tertiary/aromatic N) is 1. The molecule has 7 nitrogen and oxygen atoms in total. The zero-order valence-electron chi connectivity index (χ0n) is 16.1. The zero-order chi connectivity index (χ0) is 21.5. The predicted molar refractivity (Wildman–Crippen MR) is 118 cm³/mol. The maximum atomic E-state index is 12.7. The van der Waals surface area contributed by atoms with Gasteiger partial charge >= 0.3 is 0 Å². The normalized spacial score (nSPS) is 10.3. The number of hydrogen-bond donors (Lipinski definition) is 2. The van der Waals surface area contributed by atoms with Crippen molar-refractivity contribution in [2.24, 2.45) is 0 Å². The molecule has 0 unspecified atom stereocenters. The lowest BCUT2D eigenvalue weighted by molar-refractivity contribution is -0.384. The maximum absolute atomic E-state index is 12.7. The van der Waals surface area contributed by atoms with Gasteiger partial charge < -0.3 is 10.6 Å². The number of carbonyl (C=O) groups excluding carboxylic acids is 2. The van der Waals surface area contributed by atoms with Crippen LogP contribution in [0.4, 0.5) is 17.1 Å². The molecule has 30 heavy (non-hydrogen) atoms. The number of nitro benzene ring substituents is 1. The number of aryl methyl sites for hydroxylation is 1. The van der Waals surface area contributed by atoms with Gasteiger partial charge in [-0.1, -0.05) is 29.8 Å². The van der Waals surface area contributed by atoms with E-state index in [4.69, 9.17) is 0 Å². The highest BCUT2D eigenvalue weighted by Crippen LogP contribution is 2.24. The second-order valence-corrected chi connectivity index (χ2v) is 7.47. The molecule has 2 N–H and O–H groups in total. The minimum atomic E-state index is -0.501. The predicted octanol–water partition coefficient (Wildman–Crippen LogP) is 4.89. The van der Waals surface area contributed by atoms with E-state index in [2.05, 4.69) is 10.6 Å². The Labute approximate surface area is 177 Å². The molecule has 0 heterocycles. The van der Waals surface area contributed by atoms with Crippen molar-refractivity contribution in [3.63, 3.8) is 0 Å². The Balaban J connectivity index is 1.63. The van der Waals surface area contributed by atoms with E-state index in [1.807, 2.05) is 31.2 Å². The first kappa shape index (κ1) is 21.1. The summed E-state index contributed by atoms with van der Waals surface area (Å²) in [6, 6.07) is 20.1. The van der Waals surface area contributed by atoms with E-state index in [0.29, 0.717) is 16.1 Å². The first-order valence-electron chi connectivity index (χ1n) is 9.06. The number of rotatable bonds is 7. The molecule has 0 bridgehead atoms. The van der Waals surface area contributed by atoms with Crippen LogP contribution in [-0.2, 0) is 4.79 Å². The number of carbonyl (C=O) groups is 2. The van der Waals surface area contributed by atoms with Gasteiger partial charge in [-0.05, 0) is 43.3 Å². The molecule has 152 valence electrons. The van der Waals surface area contributed by atoms with Crippen LogP contribution in [0.15, 0.2) is 77.7 Å². The van der Waals surface area contributed by atoms with E-state index in [9.17, 15) is 19.7 Å². The van der Waals surface area contributed by atoms with Gasteiger partial charge in [-0.2, -0.15) is 0 Å². The van der Waals surface area contributed by atoms with Crippen molar-refractivity contribution in [2.75, 3.05) is 16.4 Å². The van der Waals surface area contributed by atoms with Crippen molar-refractivity contribution in [3.8, 4) is 0 Å². The molecule has 0 spiro atoms. The number of non-ortho nitro benzene ring substituents is 1. The van der Waals surface area contributed by atoms with Gasteiger partial charge in [0.05, 0.1) is 16.2 Å². The van der Waals surface area contributed by atoms with Crippen LogP contribution >= 0.6 is 11.8 Å². The number of nitro groups is 1. The average Bonchev–Trinajstić information content (AvgIpc) is 2.74. The topological polar surface area (TPSA) is 101 Å². The van der Waals surface area contributed by atoms with Crippen LogP contribution < -0.4 is 10.6 Å². The Morgan fingerprint density at radius 1 is 0.900 bits per heavy atom. The summed E-state index contributed by atoms with van der Waals surface area (Å²) in [5, 5.41) is 16.3. The van der Waals surface area contributed by atoms with E-state index >= 15 is 0 Å². The summed E-state index contributed by atoms with van der Waals surface area (Å²) in [7, 11) is 0. The van der Waals surface area contributed by atoms with Crippen molar-refractivity contribution in [1.82, 2.24) is 0 Å². The molecule has 0 aromatic heterocycles. The Bertz CT molecular complexity index is 1070. The Morgan fingerprint density at radius 3 is 2.17 bits per heavy atom. The van der Waals surface area contributed by atoms with Crippen LogP contribution in [0.2, 0.25) is 0 Å². The molecule has 3 aromatic carbocycles. The molecule has 3 aromatic rings. The quantitative estimate of drug-likeness (QED) is 0.321. The largest absolute Gasteiger partial charge is 0.325 e. The van der Waals surface area contributed by atoms with E-state index < -0.39 is 4.92 Å². The second kappa shape index (κ2) is 9.71. The maximum Gasteiger partial charge on any atom is 0.269 e. The van der Waals surface area contributed by atoms with Gasteiger partial charge in [-0.25, -0.2) is 0 Å². The molecular formula is C22H19N3O4S. The van der Waals surface area contributed by atoms with Crippen LogP contribution in [0, 0.1) is 17.0 Å². The van der Waals surface area contributed by atoms with Crippen LogP contribution in [-0.4, -0.2) is 22.5 Å². The zero-order valence-corrected chi connectivity index (χ0v) is 16.9. The summed E-state index contributed by atoms with van der Waals surface area (Å²) < 4.78 is 0. The van der Waals surface area contributed by atoms with Gasteiger partial charge in [-0.15, -0.1) is 11.8 Å². The number of thioether (sulfide) groups is 1. The number of nitrogens with one attached hydrogen (secondary N) is 2. The smallest absolute Gasteiger partial charge is 0.269 e. The lowest BCUT2D eigenvalue weighted by Crippen LogP contribution is -2.15. The van der Waals surface area contributed by atoms with E-state index in [-0.39, 0.29) is 23.3 Å². The molecule has 0 aliphatic rings. The van der Waals surface area contributed by atoms with E-state index in [0.717, 1.165) is 11.3 Å². The number of anilines is 2. The molecular weight excluding hydrogens is 402 g/mol. The van der Waals surface area contributed by atoms with Gasteiger partial charge in [0.25, 0.3) is 11.6 Å². The fourth-order valence-corrected chi connectivity index (χ4v) is 3.47. The molecule has 2 amide bonds. The third kappa shape index (κ3) is 5.68. The fraction of sp³-hybridized carbons (Fsp3) is 0.0909. The summed E-state index contributed by atoms with van der Waals surface area (Å²) in [5.74, 6) is -0.379. The lowest BCUT2D eigenvalue weighted by atomic mass is 10.2. The Hall–Kier alpha value is -3.65. The fourth-order valence-electron chi connectivity index (χ4n) is 2.62. The number of amides is 2. The molecule has 0 fully saturated rings.